The van der Waals surface area contributed by atoms with Gasteiger partial charge in [-0.15, -0.1) is 0 Å². The van der Waals surface area contributed by atoms with Gasteiger partial charge < -0.3 is 14.6 Å². The second-order valence-corrected chi connectivity index (χ2v) is 3.98. The van der Waals surface area contributed by atoms with Crippen molar-refractivity contribution < 1.29 is 24.2 Å². The number of carbonyl (C=O) groups is 2. The number of rotatable bonds is 3. The lowest BCUT2D eigenvalue weighted by Gasteiger charge is -2.16. The van der Waals surface area contributed by atoms with E-state index in [1.165, 1.54) is 24.1 Å². The fourth-order valence-corrected chi connectivity index (χ4v) is 1.96. The summed E-state index contributed by atoms with van der Waals surface area (Å²) in [6, 6.07) is 2.67. The van der Waals surface area contributed by atoms with Crippen LogP contribution >= 0.6 is 11.6 Å². The van der Waals surface area contributed by atoms with E-state index in [1.54, 1.807) is 0 Å². The van der Waals surface area contributed by atoms with Gasteiger partial charge in [0, 0.05) is 6.07 Å². The highest BCUT2D eigenvalue weighted by Crippen LogP contribution is 2.34. The van der Waals surface area contributed by atoms with Crippen molar-refractivity contribution in [3.8, 4) is 5.75 Å². The summed E-state index contributed by atoms with van der Waals surface area (Å²) in [6.07, 6.45) is -0.512. The molecule has 0 saturated carbocycles. The summed E-state index contributed by atoms with van der Waals surface area (Å²) in [6.45, 7) is 0.645. The minimum atomic E-state index is -1.15. The molecule has 0 radical (unpaired) electrons. The number of carboxylic acid groups (broad SMARTS) is 1. The highest BCUT2D eigenvalue weighted by Gasteiger charge is 2.27. The second-order valence-electron chi connectivity index (χ2n) is 3.58. The van der Waals surface area contributed by atoms with Crippen molar-refractivity contribution in [3.05, 3.63) is 22.7 Å². The molecule has 7 heteroatoms. The van der Waals surface area contributed by atoms with Crippen LogP contribution in [0.3, 0.4) is 0 Å². The van der Waals surface area contributed by atoms with E-state index in [9.17, 15) is 9.59 Å². The molecule has 1 aliphatic heterocycles. The first kappa shape index (κ1) is 12.5. The summed E-state index contributed by atoms with van der Waals surface area (Å²) in [4.78, 5) is 23.7. The molecule has 1 amide bonds. The van der Waals surface area contributed by atoms with Gasteiger partial charge in [-0.05, 0) is 6.07 Å². The maximum atomic E-state index is 11.4. The van der Waals surface area contributed by atoms with Gasteiger partial charge in [0.05, 0.1) is 24.4 Å². The van der Waals surface area contributed by atoms with Crippen molar-refractivity contribution >= 4 is 29.4 Å². The maximum absolute atomic E-state index is 11.4. The highest BCUT2D eigenvalue weighted by atomic mass is 35.5. The average Bonchev–Trinajstić information content (AvgIpc) is 2.75. The van der Waals surface area contributed by atoms with Crippen molar-refractivity contribution in [2.24, 2.45) is 0 Å². The molecule has 6 nitrogen and oxygen atoms in total. The Bertz CT molecular complexity index is 516. The van der Waals surface area contributed by atoms with E-state index in [4.69, 9.17) is 26.2 Å². The summed E-state index contributed by atoms with van der Waals surface area (Å²) < 4.78 is 9.78. The molecule has 18 heavy (non-hydrogen) atoms. The zero-order valence-electron chi connectivity index (χ0n) is 9.47. The van der Waals surface area contributed by atoms with Gasteiger partial charge >= 0.3 is 12.1 Å². The number of anilines is 1. The topological polar surface area (TPSA) is 76.1 Å². The first-order valence-corrected chi connectivity index (χ1v) is 5.47. The molecule has 1 heterocycles. The Labute approximate surface area is 108 Å². The molecule has 1 aliphatic rings. The number of aromatic carboxylic acids is 1. The minimum absolute atomic E-state index is 0.0567. The van der Waals surface area contributed by atoms with Gasteiger partial charge in [-0.2, -0.15) is 0 Å². The highest BCUT2D eigenvalue weighted by molar-refractivity contribution is 6.34. The first-order valence-electron chi connectivity index (χ1n) is 5.09. The molecule has 2 rings (SSSR count). The molecule has 96 valence electrons. The largest absolute Gasteiger partial charge is 0.496 e. The van der Waals surface area contributed by atoms with Crippen molar-refractivity contribution in [2.75, 3.05) is 25.2 Å². The van der Waals surface area contributed by atoms with E-state index in [-0.39, 0.29) is 22.9 Å². The van der Waals surface area contributed by atoms with Gasteiger partial charge in [0.25, 0.3) is 0 Å². The predicted molar refractivity (Wildman–Crippen MR) is 63.7 cm³/mol. The predicted octanol–water partition coefficient (Wildman–Crippen LogP) is 2.00. The van der Waals surface area contributed by atoms with Crippen LogP contribution in [0.15, 0.2) is 12.1 Å². The number of cyclic esters (lactones) is 1. The van der Waals surface area contributed by atoms with Gasteiger partial charge in [0.1, 0.15) is 17.9 Å². The van der Waals surface area contributed by atoms with Crippen LogP contribution in [0, 0.1) is 0 Å². The summed E-state index contributed by atoms with van der Waals surface area (Å²) in [7, 11) is 1.35. The Morgan fingerprint density at radius 3 is 2.78 bits per heavy atom. The molecule has 0 atom stereocenters. The first-order chi connectivity index (χ1) is 8.54. The number of methoxy groups -OCH3 is 1. The number of carboxylic acids is 1. The quantitative estimate of drug-likeness (QED) is 0.910. The van der Waals surface area contributed by atoms with Crippen molar-refractivity contribution in [3.63, 3.8) is 0 Å². The molecule has 1 N–H and O–H groups in total. The number of amides is 1. The van der Waals surface area contributed by atoms with E-state index in [1.807, 2.05) is 0 Å². The summed E-state index contributed by atoms with van der Waals surface area (Å²) >= 11 is 5.98. The van der Waals surface area contributed by atoms with Crippen LogP contribution in [0.5, 0.6) is 5.75 Å². The molecule has 0 unspecified atom stereocenters. The Morgan fingerprint density at radius 2 is 2.28 bits per heavy atom. The van der Waals surface area contributed by atoms with Gasteiger partial charge in [0.15, 0.2) is 0 Å². The fraction of sp³-hybridized carbons (Fsp3) is 0.273. The smallest absolute Gasteiger partial charge is 0.414 e. The van der Waals surface area contributed by atoms with E-state index in [0.29, 0.717) is 12.2 Å². The van der Waals surface area contributed by atoms with Crippen molar-refractivity contribution in [1.82, 2.24) is 0 Å². The van der Waals surface area contributed by atoms with Crippen molar-refractivity contribution in [1.29, 1.82) is 0 Å². The standard InChI is InChI=1S/C11H10ClNO5/c1-17-9-5-8(13-2-3-18-11(13)16)7(12)4-6(9)10(14)15/h4-5H,2-3H2,1H3,(H,14,15). The van der Waals surface area contributed by atoms with Gasteiger partial charge in [-0.1, -0.05) is 11.6 Å². The molecule has 1 aromatic carbocycles. The number of hydrogen-bond acceptors (Lipinski definition) is 4. The Balaban J connectivity index is 2.49. The lowest BCUT2D eigenvalue weighted by atomic mass is 10.1. The molecular formula is C11H10ClNO5. The Kier molecular flexibility index (Phi) is 3.29. The average molecular weight is 272 g/mol. The Hall–Kier alpha value is -1.95. The summed E-state index contributed by atoms with van der Waals surface area (Å²) in [5, 5.41) is 9.14. The number of hydrogen-bond donors (Lipinski definition) is 1. The van der Waals surface area contributed by atoms with Gasteiger partial charge in [-0.3, -0.25) is 4.90 Å². The number of ether oxygens (including phenoxy) is 2. The molecular weight excluding hydrogens is 262 g/mol. The minimum Gasteiger partial charge on any atom is -0.496 e. The third kappa shape index (κ3) is 2.06. The second kappa shape index (κ2) is 4.73. The lowest BCUT2D eigenvalue weighted by molar-refractivity contribution is 0.0693. The monoisotopic (exact) mass is 271 g/mol. The van der Waals surface area contributed by atoms with Crippen LogP contribution in [0.4, 0.5) is 10.5 Å². The Morgan fingerprint density at radius 1 is 1.56 bits per heavy atom. The van der Waals surface area contributed by atoms with Gasteiger partial charge in [0.2, 0.25) is 0 Å². The van der Waals surface area contributed by atoms with Crippen LogP contribution in [-0.4, -0.2) is 37.4 Å². The molecule has 0 aliphatic carbocycles. The van der Waals surface area contributed by atoms with E-state index < -0.39 is 12.1 Å². The van der Waals surface area contributed by atoms with Crippen LogP contribution in [0.2, 0.25) is 5.02 Å². The molecule has 1 aromatic rings. The molecule has 1 fully saturated rings. The number of benzene rings is 1. The molecule has 1 saturated heterocycles. The molecule has 0 bridgehead atoms. The third-order valence-corrected chi connectivity index (χ3v) is 2.85. The van der Waals surface area contributed by atoms with Crippen LogP contribution in [-0.2, 0) is 4.74 Å². The zero-order valence-corrected chi connectivity index (χ0v) is 10.2. The normalized spacial score (nSPS) is 14.6. The lowest BCUT2D eigenvalue weighted by Crippen LogP contribution is -2.23. The van der Waals surface area contributed by atoms with Crippen LogP contribution in [0.25, 0.3) is 0 Å². The number of halogens is 1. The molecule has 0 aromatic heterocycles. The van der Waals surface area contributed by atoms with E-state index in [2.05, 4.69) is 0 Å². The van der Waals surface area contributed by atoms with Gasteiger partial charge in [-0.25, -0.2) is 9.59 Å². The fourth-order valence-electron chi connectivity index (χ4n) is 1.70. The number of carbonyl (C=O) groups excluding carboxylic acids is 1. The van der Waals surface area contributed by atoms with E-state index >= 15 is 0 Å². The van der Waals surface area contributed by atoms with E-state index in [0.717, 1.165) is 0 Å². The molecule has 0 spiro atoms. The van der Waals surface area contributed by atoms with Crippen LogP contribution < -0.4 is 9.64 Å². The SMILES string of the molecule is COc1cc(N2CCOC2=O)c(Cl)cc1C(=O)O. The number of nitrogens with zero attached hydrogens (tertiary/aromatic N) is 1. The van der Waals surface area contributed by atoms with Crippen molar-refractivity contribution in [2.45, 2.75) is 0 Å². The van der Waals surface area contributed by atoms with Crippen LogP contribution in [0.1, 0.15) is 10.4 Å². The maximum Gasteiger partial charge on any atom is 0.414 e. The zero-order chi connectivity index (χ0) is 13.3. The summed E-state index contributed by atoms with van der Waals surface area (Å²) in [5.74, 6) is -1.01. The third-order valence-electron chi connectivity index (χ3n) is 2.55. The summed E-state index contributed by atoms with van der Waals surface area (Å²) in [5.41, 5.74) is 0.319.